The third kappa shape index (κ3) is 2.43. The highest BCUT2D eigenvalue weighted by Crippen LogP contribution is 2.39. The van der Waals surface area contributed by atoms with E-state index >= 15 is 0 Å². The molecule has 4 heteroatoms. The Morgan fingerprint density at radius 1 is 0.515 bits per heavy atom. The van der Waals surface area contributed by atoms with Gasteiger partial charge in [-0.05, 0) is 36.4 Å². The summed E-state index contributed by atoms with van der Waals surface area (Å²) in [6, 6.07) is 37.0. The molecular formula is C29H19N3O. The second kappa shape index (κ2) is 6.71. The molecule has 0 radical (unpaired) electrons. The fraction of sp³-hybridized carbons (Fsp3) is 0. The van der Waals surface area contributed by atoms with E-state index in [4.69, 9.17) is 0 Å². The monoisotopic (exact) mass is 425 g/mol. The molecule has 0 aliphatic carbocycles. The number of hydrogen-bond acceptors (Lipinski definition) is 1. The summed E-state index contributed by atoms with van der Waals surface area (Å²) in [7, 11) is 0. The lowest BCUT2D eigenvalue weighted by Gasteiger charge is -2.09. The molecule has 0 aliphatic heterocycles. The molecule has 0 bridgehead atoms. The van der Waals surface area contributed by atoms with Crippen LogP contribution < -0.4 is 5.56 Å². The number of pyridine rings is 1. The van der Waals surface area contributed by atoms with Crippen molar-refractivity contribution in [2.24, 2.45) is 0 Å². The van der Waals surface area contributed by atoms with Crippen LogP contribution in [0.25, 0.3) is 55.1 Å². The number of benzene rings is 4. The molecule has 0 amide bonds. The van der Waals surface area contributed by atoms with E-state index in [0.29, 0.717) is 5.52 Å². The number of H-pyrrole nitrogens is 1. The van der Waals surface area contributed by atoms with E-state index in [9.17, 15) is 4.79 Å². The fourth-order valence-corrected chi connectivity index (χ4v) is 5.16. The molecule has 0 atom stereocenters. The van der Waals surface area contributed by atoms with Gasteiger partial charge in [-0.1, -0.05) is 72.8 Å². The first-order chi connectivity index (χ1) is 16.3. The van der Waals surface area contributed by atoms with Crippen LogP contribution >= 0.6 is 0 Å². The number of hydrogen-bond donors (Lipinski definition) is 1. The molecule has 156 valence electrons. The van der Waals surface area contributed by atoms with Crippen molar-refractivity contribution in [1.29, 1.82) is 0 Å². The molecule has 7 rings (SSSR count). The molecule has 0 saturated heterocycles. The van der Waals surface area contributed by atoms with Crippen molar-refractivity contribution < 1.29 is 0 Å². The Morgan fingerprint density at radius 2 is 1.00 bits per heavy atom. The normalized spacial score (nSPS) is 11.8. The van der Waals surface area contributed by atoms with Crippen molar-refractivity contribution in [3.05, 3.63) is 120 Å². The molecule has 0 saturated carbocycles. The van der Waals surface area contributed by atoms with E-state index in [1.54, 1.807) is 0 Å². The summed E-state index contributed by atoms with van der Waals surface area (Å²) in [5.41, 5.74) is 6.57. The fourth-order valence-electron chi connectivity index (χ4n) is 5.16. The molecular weight excluding hydrogens is 406 g/mol. The van der Waals surface area contributed by atoms with Crippen molar-refractivity contribution in [2.75, 3.05) is 0 Å². The van der Waals surface area contributed by atoms with Crippen molar-refractivity contribution >= 4 is 43.7 Å². The first-order valence-electron chi connectivity index (χ1n) is 11.0. The van der Waals surface area contributed by atoms with E-state index in [2.05, 4.69) is 50.5 Å². The van der Waals surface area contributed by atoms with Gasteiger partial charge in [-0.2, -0.15) is 0 Å². The Kier molecular flexibility index (Phi) is 3.67. The zero-order valence-corrected chi connectivity index (χ0v) is 17.7. The van der Waals surface area contributed by atoms with Crippen LogP contribution in [0, 0.1) is 0 Å². The second-order valence-corrected chi connectivity index (χ2v) is 8.28. The van der Waals surface area contributed by atoms with Gasteiger partial charge in [-0.25, -0.2) is 0 Å². The molecule has 4 aromatic carbocycles. The zero-order chi connectivity index (χ0) is 21.9. The summed E-state index contributed by atoms with van der Waals surface area (Å²) in [5.74, 6) is 0. The second-order valence-electron chi connectivity index (χ2n) is 8.28. The maximum atomic E-state index is 13.7. The third-order valence-electron chi connectivity index (χ3n) is 6.47. The molecule has 1 N–H and O–H groups in total. The summed E-state index contributed by atoms with van der Waals surface area (Å²) in [5, 5.41) is 3.06. The molecule has 4 nitrogen and oxygen atoms in total. The van der Waals surface area contributed by atoms with Gasteiger partial charge >= 0.3 is 0 Å². The Hall–Kier alpha value is -4.57. The highest BCUT2D eigenvalue weighted by Gasteiger charge is 2.22. The minimum Gasteiger partial charge on any atom is -0.318 e. The van der Waals surface area contributed by atoms with Crippen molar-refractivity contribution in [3.8, 4) is 11.4 Å². The highest BCUT2D eigenvalue weighted by molar-refractivity contribution is 6.24. The number of rotatable bonds is 2. The Balaban J connectivity index is 1.82. The number of nitrogens with zero attached hydrogens (tertiary/aromatic N) is 2. The van der Waals surface area contributed by atoms with Crippen LogP contribution in [0.2, 0.25) is 0 Å². The Morgan fingerprint density at radius 3 is 1.64 bits per heavy atom. The van der Waals surface area contributed by atoms with Gasteiger partial charge in [0, 0.05) is 27.5 Å². The maximum Gasteiger partial charge on any atom is 0.273 e. The SMILES string of the molecule is O=c1[nH]c2c3ccccc3n(-c3ccccc3)c2c2c3ccccc3n(-c3ccccc3)c12. The number of para-hydroxylation sites is 4. The van der Waals surface area contributed by atoms with Crippen molar-refractivity contribution in [1.82, 2.24) is 14.1 Å². The minimum atomic E-state index is -0.0893. The van der Waals surface area contributed by atoms with E-state index < -0.39 is 0 Å². The van der Waals surface area contributed by atoms with E-state index in [-0.39, 0.29) is 5.56 Å². The van der Waals surface area contributed by atoms with Crippen LogP contribution in [-0.4, -0.2) is 14.1 Å². The number of aromatic nitrogens is 3. The number of fused-ring (bicyclic) bond motifs is 7. The summed E-state index contributed by atoms with van der Waals surface area (Å²) in [6.45, 7) is 0. The summed E-state index contributed by atoms with van der Waals surface area (Å²) in [6.07, 6.45) is 0. The van der Waals surface area contributed by atoms with Gasteiger partial charge in [0.25, 0.3) is 5.56 Å². The van der Waals surface area contributed by atoms with Gasteiger partial charge in [0.2, 0.25) is 0 Å². The van der Waals surface area contributed by atoms with Gasteiger partial charge in [0.15, 0.2) is 0 Å². The lowest BCUT2D eigenvalue weighted by molar-refractivity contribution is 1.15. The maximum absolute atomic E-state index is 13.7. The molecule has 0 fully saturated rings. The van der Waals surface area contributed by atoms with Crippen molar-refractivity contribution in [3.63, 3.8) is 0 Å². The predicted molar refractivity (Wildman–Crippen MR) is 136 cm³/mol. The van der Waals surface area contributed by atoms with Crippen LogP contribution in [0.15, 0.2) is 114 Å². The van der Waals surface area contributed by atoms with Gasteiger partial charge in [0.1, 0.15) is 5.52 Å². The minimum absolute atomic E-state index is 0.0893. The van der Waals surface area contributed by atoms with Crippen LogP contribution in [0.1, 0.15) is 0 Å². The molecule has 3 aromatic heterocycles. The van der Waals surface area contributed by atoms with E-state index in [1.807, 2.05) is 72.8 Å². The van der Waals surface area contributed by atoms with Gasteiger partial charge in [-0.15, -0.1) is 0 Å². The Bertz CT molecular complexity index is 1870. The van der Waals surface area contributed by atoms with E-state index in [0.717, 1.165) is 49.6 Å². The first-order valence-corrected chi connectivity index (χ1v) is 11.0. The van der Waals surface area contributed by atoms with Crippen LogP contribution in [0.3, 0.4) is 0 Å². The number of nitrogens with one attached hydrogen (secondary N) is 1. The van der Waals surface area contributed by atoms with Gasteiger partial charge in [-0.3, -0.25) is 4.79 Å². The Labute approximate surface area is 188 Å². The van der Waals surface area contributed by atoms with Gasteiger partial charge in [0.05, 0.1) is 22.1 Å². The standard InChI is InChI=1S/C29H19N3O/c33-29-28-25(21-15-7-9-17-23(21)32(28)20-13-5-2-6-14-20)27-26(30-29)22-16-8-10-18-24(22)31(27)19-11-3-1-4-12-19/h1-18H,(H,30,33). The quantitative estimate of drug-likeness (QED) is 0.334. The number of aromatic amines is 1. The smallest absolute Gasteiger partial charge is 0.273 e. The summed E-state index contributed by atoms with van der Waals surface area (Å²) in [4.78, 5) is 16.9. The summed E-state index contributed by atoms with van der Waals surface area (Å²) < 4.78 is 4.35. The lowest BCUT2D eigenvalue weighted by atomic mass is 10.1. The average Bonchev–Trinajstić information content (AvgIpc) is 3.39. The van der Waals surface area contributed by atoms with Crippen molar-refractivity contribution in [2.45, 2.75) is 0 Å². The first kappa shape index (κ1) is 18.0. The lowest BCUT2D eigenvalue weighted by Crippen LogP contribution is -2.10. The molecule has 0 unspecified atom stereocenters. The van der Waals surface area contributed by atoms with Crippen LogP contribution in [0.5, 0.6) is 0 Å². The van der Waals surface area contributed by atoms with Crippen LogP contribution in [-0.2, 0) is 0 Å². The molecule has 0 spiro atoms. The highest BCUT2D eigenvalue weighted by atomic mass is 16.1. The molecule has 0 aliphatic rings. The molecule has 7 aromatic rings. The average molecular weight is 425 g/mol. The predicted octanol–water partition coefficient (Wildman–Crippen LogP) is 6.57. The van der Waals surface area contributed by atoms with Gasteiger partial charge < -0.3 is 14.1 Å². The topological polar surface area (TPSA) is 42.7 Å². The zero-order valence-electron chi connectivity index (χ0n) is 17.7. The largest absolute Gasteiger partial charge is 0.318 e. The van der Waals surface area contributed by atoms with Crippen LogP contribution in [0.4, 0.5) is 0 Å². The summed E-state index contributed by atoms with van der Waals surface area (Å²) >= 11 is 0. The third-order valence-corrected chi connectivity index (χ3v) is 6.47. The molecule has 33 heavy (non-hydrogen) atoms. The van der Waals surface area contributed by atoms with E-state index in [1.165, 1.54) is 0 Å². The molecule has 3 heterocycles.